The van der Waals surface area contributed by atoms with Crippen molar-refractivity contribution in [3.8, 4) is 0 Å². The molecular weight excluding hydrogens is 321 g/mol. The van der Waals surface area contributed by atoms with Crippen molar-refractivity contribution in [2.45, 2.75) is 20.8 Å². The van der Waals surface area contributed by atoms with Crippen LogP contribution < -0.4 is 5.56 Å². The quantitative estimate of drug-likeness (QED) is 0.659. The highest BCUT2D eigenvalue weighted by atomic mass is 35.5. The van der Waals surface area contributed by atoms with Crippen molar-refractivity contribution in [2.75, 3.05) is 0 Å². The van der Waals surface area contributed by atoms with Crippen LogP contribution >= 0.6 is 23.2 Å². The number of carbonyl (C=O) groups is 1. The number of benzene rings is 1. The molecule has 2 aromatic rings. The number of allylic oxidation sites excluding steroid dienone is 1. The molecule has 0 aliphatic rings. The third-order valence-corrected chi connectivity index (χ3v) is 4.14. The monoisotopic (exact) mass is 335 g/mol. The molecule has 0 aliphatic carbocycles. The molecule has 5 heteroatoms. The molecule has 0 spiro atoms. The molecule has 114 valence electrons. The van der Waals surface area contributed by atoms with Gasteiger partial charge >= 0.3 is 0 Å². The minimum absolute atomic E-state index is 0.150. The fourth-order valence-electron chi connectivity index (χ4n) is 2.26. The lowest BCUT2D eigenvalue weighted by molar-refractivity contribution is 0.103. The van der Waals surface area contributed by atoms with Gasteiger partial charge in [0.15, 0.2) is 5.78 Å². The molecule has 1 aromatic carbocycles. The molecule has 1 aromatic heterocycles. The van der Waals surface area contributed by atoms with E-state index < -0.39 is 0 Å². The number of aromatic nitrogens is 1. The van der Waals surface area contributed by atoms with Gasteiger partial charge in [0.25, 0.3) is 5.56 Å². The van der Waals surface area contributed by atoms with Crippen molar-refractivity contribution in [3.05, 3.63) is 72.6 Å². The Bertz CT molecular complexity index is 835. The Morgan fingerprint density at radius 3 is 2.55 bits per heavy atom. The standard InChI is InChI=1S/C17H15Cl2NO2/c1-9-7-11(3)20-17(22)14(9)16(21)10(2)8-12-5-4-6-13(18)15(12)19/h4-8H,1-3H3,(H,20,22)/b10-8+. The lowest BCUT2D eigenvalue weighted by Crippen LogP contribution is -2.21. The number of hydrogen-bond donors (Lipinski definition) is 1. The SMILES string of the molecule is C/C(=C\c1cccc(Cl)c1Cl)C(=O)c1c(C)cc(C)[nH]c1=O. The Labute approximate surface area is 138 Å². The summed E-state index contributed by atoms with van der Waals surface area (Å²) in [6.07, 6.45) is 1.63. The van der Waals surface area contributed by atoms with E-state index in [1.54, 1.807) is 51.1 Å². The zero-order chi connectivity index (χ0) is 16.4. The molecule has 0 aliphatic heterocycles. The number of nitrogens with one attached hydrogen (secondary N) is 1. The molecule has 22 heavy (non-hydrogen) atoms. The van der Waals surface area contributed by atoms with Crippen LogP contribution in [0, 0.1) is 13.8 Å². The van der Waals surface area contributed by atoms with Crippen LogP contribution in [0.1, 0.15) is 34.1 Å². The van der Waals surface area contributed by atoms with Gasteiger partial charge in [-0.25, -0.2) is 0 Å². The molecule has 0 saturated heterocycles. The van der Waals surface area contributed by atoms with Gasteiger partial charge in [-0.05, 0) is 55.7 Å². The predicted molar refractivity (Wildman–Crippen MR) is 91.0 cm³/mol. The van der Waals surface area contributed by atoms with Gasteiger partial charge in [-0.1, -0.05) is 35.3 Å². The third kappa shape index (κ3) is 3.32. The molecule has 0 atom stereocenters. The topological polar surface area (TPSA) is 49.9 Å². The van der Waals surface area contributed by atoms with Crippen molar-refractivity contribution >= 4 is 35.1 Å². The van der Waals surface area contributed by atoms with Gasteiger partial charge in [0.05, 0.1) is 15.6 Å². The molecule has 0 radical (unpaired) electrons. The summed E-state index contributed by atoms with van der Waals surface area (Å²) in [5.41, 5.74) is 2.20. The highest BCUT2D eigenvalue weighted by Gasteiger charge is 2.16. The fraction of sp³-hybridized carbons (Fsp3) is 0.176. The molecule has 2 rings (SSSR count). The van der Waals surface area contributed by atoms with Crippen LogP contribution in [0.4, 0.5) is 0 Å². The van der Waals surface area contributed by atoms with Gasteiger partial charge in [0.1, 0.15) is 0 Å². The number of hydrogen-bond acceptors (Lipinski definition) is 2. The van der Waals surface area contributed by atoms with Gasteiger partial charge in [0, 0.05) is 5.69 Å². The van der Waals surface area contributed by atoms with Gasteiger partial charge in [-0.15, -0.1) is 0 Å². The van der Waals surface area contributed by atoms with E-state index in [0.717, 1.165) is 5.69 Å². The highest BCUT2D eigenvalue weighted by Crippen LogP contribution is 2.27. The summed E-state index contributed by atoms with van der Waals surface area (Å²) in [5, 5.41) is 0.797. The average molecular weight is 336 g/mol. The first-order valence-corrected chi connectivity index (χ1v) is 7.44. The first-order valence-electron chi connectivity index (χ1n) is 6.68. The second kappa shape index (κ2) is 6.51. The zero-order valence-corrected chi connectivity index (χ0v) is 14.0. The van der Waals surface area contributed by atoms with E-state index in [2.05, 4.69) is 4.98 Å². The first kappa shape index (κ1) is 16.5. The number of pyridine rings is 1. The zero-order valence-electron chi connectivity index (χ0n) is 12.5. The summed E-state index contributed by atoms with van der Waals surface area (Å²) < 4.78 is 0. The Morgan fingerprint density at radius 2 is 1.91 bits per heavy atom. The summed E-state index contributed by atoms with van der Waals surface area (Å²) in [4.78, 5) is 27.2. The number of ketones is 1. The minimum Gasteiger partial charge on any atom is -0.326 e. The second-order valence-electron chi connectivity index (χ2n) is 5.14. The molecule has 0 saturated carbocycles. The van der Waals surface area contributed by atoms with Crippen LogP contribution in [0.25, 0.3) is 6.08 Å². The third-order valence-electron chi connectivity index (χ3n) is 3.30. The Hall–Kier alpha value is -1.84. The normalized spacial score (nSPS) is 11.6. The predicted octanol–water partition coefficient (Wildman–Crippen LogP) is 4.58. The van der Waals surface area contributed by atoms with Gasteiger partial charge < -0.3 is 4.98 Å². The van der Waals surface area contributed by atoms with Crippen molar-refractivity contribution in [3.63, 3.8) is 0 Å². The largest absolute Gasteiger partial charge is 0.326 e. The van der Waals surface area contributed by atoms with Gasteiger partial charge in [-0.2, -0.15) is 0 Å². The van der Waals surface area contributed by atoms with E-state index in [-0.39, 0.29) is 16.9 Å². The molecule has 3 nitrogen and oxygen atoms in total. The van der Waals surface area contributed by atoms with E-state index in [1.807, 2.05) is 0 Å². The van der Waals surface area contributed by atoms with Crippen LogP contribution in [0.3, 0.4) is 0 Å². The van der Waals surface area contributed by atoms with E-state index in [0.29, 0.717) is 26.7 Å². The molecular formula is C17H15Cl2NO2. The molecule has 0 amide bonds. The Morgan fingerprint density at radius 1 is 1.23 bits per heavy atom. The summed E-state index contributed by atoms with van der Waals surface area (Å²) in [7, 11) is 0. The summed E-state index contributed by atoms with van der Waals surface area (Å²) >= 11 is 12.1. The van der Waals surface area contributed by atoms with Crippen LogP contribution in [0.15, 0.2) is 34.6 Å². The number of aryl methyl sites for hydroxylation is 2. The molecule has 0 fully saturated rings. The maximum Gasteiger partial charge on any atom is 0.259 e. The molecule has 1 heterocycles. The number of rotatable bonds is 3. The van der Waals surface area contributed by atoms with E-state index >= 15 is 0 Å². The van der Waals surface area contributed by atoms with E-state index in [9.17, 15) is 9.59 Å². The average Bonchev–Trinajstić information content (AvgIpc) is 2.42. The molecule has 0 unspecified atom stereocenters. The van der Waals surface area contributed by atoms with Crippen LogP contribution in [0.5, 0.6) is 0 Å². The van der Waals surface area contributed by atoms with Gasteiger partial charge in [0.2, 0.25) is 0 Å². The lowest BCUT2D eigenvalue weighted by Gasteiger charge is -2.07. The summed E-state index contributed by atoms with van der Waals surface area (Å²) in [5.74, 6) is -0.324. The highest BCUT2D eigenvalue weighted by molar-refractivity contribution is 6.43. The Kier molecular flexibility index (Phi) is 4.89. The van der Waals surface area contributed by atoms with Crippen LogP contribution in [-0.2, 0) is 0 Å². The fourth-order valence-corrected chi connectivity index (χ4v) is 2.63. The second-order valence-corrected chi connectivity index (χ2v) is 5.92. The van der Waals surface area contributed by atoms with Crippen molar-refractivity contribution < 1.29 is 4.79 Å². The van der Waals surface area contributed by atoms with Crippen molar-refractivity contribution in [1.29, 1.82) is 0 Å². The van der Waals surface area contributed by atoms with Crippen molar-refractivity contribution in [1.82, 2.24) is 4.98 Å². The number of H-pyrrole nitrogens is 1. The summed E-state index contributed by atoms with van der Waals surface area (Å²) in [6, 6.07) is 6.96. The van der Waals surface area contributed by atoms with Crippen molar-refractivity contribution in [2.24, 2.45) is 0 Å². The first-order chi connectivity index (χ1) is 10.3. The number of halogens is 2. The molecule has 0 bridgehead atoms. The number of aromatic amines is 1. The minimum atomic E-state index is -0.382. The maximum absolute atomic E-state index is 12.5. The van der Waals surface area contributed by atoms with E-state index in [1.165, 1.54) is 0 Å². The molecule has 1 N–H and O–H groups in total. The smallest absolute Gasteiger partial charge is 0.259 e. The van der Waals surface area contributed by atoms with Gasteiger partial charge in [-0.3, -0.25) is 9.59 Å². The maximum atomic E-state index is 12.5. The summed E-state index contributed by atoms with van der Waals surface area (Å²) in [6.45, 7) is 5.17. The number of Topliss-reactive ketones (excluding diaryl/α,β-unsaturated/α-hetero) is 1. The lowest BCUT2D eigenvalue weighted by atomic mass is 9.99. The number of carbonyl (C=O) groups excluding carboxylic acids is 1. The van der Waals surface area contributed by atoms with Crippen LogP contribution in [-0.4, -0.2) is 10.8 Å². The van der Waals surface area contributed by atoms with E-state index in [4.69, 9.17) is 23.2 Å². The van der Waals surface area contributed by atoms with Crippen LogP contribution in [0.2, 0.25) is 10.0 Å². The Balaban J connectivity index is 2.48.